The molecule has 0 saturated carbocycles. The standard InChI is InChI=1S/C32H29F3N2O5/c1-31(17-41-18-31)19-42-23-14-10-21(11-15-23)24(20-8-12-22(13-9-20)32(33,34)35)4-2-7-29(39)36-26-5-3-6-27-25(26)16-28(38)30(40)37-27/h2-15,28,38H,16-19H2,1H3,(H,36,39)(H,37,40)/b7-2+,24-4+. The third-order valence-corrected chi connectivity index (χ3v) is 7.08. The van der Waals surface area contributed by atoms with Gasteiger partial charge >= 0.3 is 6.18 Å². The van der Waals surface area contributed by atoms with E-state index in [1.807, 2.05) is 12.1 Å². The summed E-state index contributed by atoms with van der Waals surface area (Å²) in [6, 6.07) is 17.0. The molecule has 42 heavy (non-hydrogen) atoms. The molecule has 0 spiro atoms. The molecule has 2 heterocycles. The van der Waals surface area contributed by atoms with E-state index >= 15 is 0 Å². The fraction of sp³-hybridized carbons (Fsp3) is 0.250. The number of rotatable bonds is 8. The number of hydrogen-bond donors (Lipinski definition) is 3. The Labute approximate surface area is 240 Å². The number of benzene rings is 3. The number of alkyl halides is 3. The molecule has 0 radical (unpaired) electrons. The minimum absolute atomic E-state index is 0.0257. The highest BCUT2D eigenvalue weighted by atomic mass is 19.4. The van der Waals surface area contributed by atoms with Gasteiger partial charge in [-0.05, 0) is 53.1 Å². The number of carbonyl (C=O) groups excluding carboxylic acids is 2. The van der Waals surface area contributed by atoms with Crippen molar-refractivity contribution >= 4 is 28.8 Å². The Morgan fingerprint density at radius 1 is 1.10 bits per heavy atom. The number of nitrogens with one attached hydrogen (secondary N) is 2. The van der Waals surface area contributed by atoms with Crippen molar-refractivity contribution in [3.05, 3.63) is 107 Å². The van der Waals surface area contributed by atoms with E-state index in [1.54, 1.807) is 36.4 Å². The fourth-order valence-electron chi connectivity index (χ4n) is 4.67. The molecule has 1 atom stereocenters. The van der Waals surface area contributed by atoms with Crippen LogP contribution in [0.5, 0.6) is 5.75 Å². The summed E-state index contributed by atoms with van der Waals surface area (Å²) in [7, 11) is 0. The van der Waals surface area contributed by atoms with E-state index in [4.69, 9.17) is 9.47 Å². The van der Waals surface area contributed by atoms with E-state index in [9.17, 15) is 27.9 Å². The van der Waals surface area contributed by atoms with Crippen LogP contribution in [0.2, 0.25) is 0 Å². The summed E-state index contributed by atoms with van der Waals surface area (Å²) in [6.45, 7) is 3.85. The molecule has 10 heteroatoms. The molecule has 7 nitrogen and oxygen atoms in total. The number of halogens is 3. The fourth-order valence-corrected chi connectivity index (χ4v) is 4.67. The number of hydrogen-bond acceptors (Lipinski definition) is 5. The van der Waals surface area contributed by atoms with Gasteiger partial charge in [0.05, 0.1) is 25.4 Å². The third kappa shape index (κ3) is 6.72. The number of anilines is 2. The molecule has 0 aromatic heterocycles. The molecule has 1 saturated heterocycles. The third-order valence-electron chi connectivity index (χ3n) is 7.08. The normalized spacial score (nSPS) is 18.2. The summed E-state index contributed by atoms with van der Waals surface area (Å²) < 4.78 is 50.6. The van der Waals surface area contributed by atoms with E-state index in [0.29, 0.717) is 59.2 Å². The predicted octanol–water partition coefficient (Wildman–Crippen LogP) is 5.60. The first-order valence-electron chi connectivity index (χ1n) is 13.3. The second-order valence-corrected chi connectivity index (χ2v) is 10.7. The van der Waals surface area contributed by atoms with Crippen LogP contribution < -0.4 is 15.4 Å². The zero-order valence-electron chi connectivity index (χ0n) is 22.7. The summed E-state index contributed by atoms with van der Waals surface area (Å²) in [6.07, 6.45) is -1.17. The molecule has 0 aliphatic carbocycles. The lowest BCUT2D eigenvalue weighted by Gasteiger charge is -2.37. The predicted molar refractivity (Wildman–Crippen MR) is 152 cm³/mol. The molecule has 1 fully saturated rings. The minimum Gasteiger partial charge on any atom is -0.493 e. The molecule has 2 aliphatic rings. The van der Waals surface area contributed by atoms with E-state index in [-0.39, 0.29) is 11.8 Å². The van der Waals surface area contributed by atoms with Crippen molar-refractivity contribution in [3.63, 3.8) is 0 Å². The smallest absolute Gasteiger partial charge is 0.416 e. The Morgan fingerprint density at radius 2 is 1.76 bits per heavy atom. The van der Waals surface area contributed by atoms with Crippen molar-refractivity contribution in [2.45, 2.75) is 25.6 Å². The zero-order valence-corrected chi connectivity index (χ0v) is 22.7. The van der Waals surface area contributed by atoms with Crippen LogP contribution in [0.25, 0.3) is 5.57 Å². The number of aliphatic hydroxyl groups is 1. The first kappa shape index (κ1) is 29.1. The Kier molecular flexibility index (Phi) is 8.20. The molecule has 3 aromatic rings. The van der Waals surface area contributed by atoms with Crippen LogP contribution in [0.1, 0.15) is 29.2 Å². The maximum atomic E-state index is 13.2. The maximum absolute atomic E-state index is 13.2. The number of allylic oxidation sites excluding steroid dienone is 2. The number of fused-ring (bicyclic) bond motifs is 1. The maximum Gasteiger partial charge on any atom is 0.416 e. The Balaban J connectivity index is 1.36. The first-order chi connectivity index (χ1) is 20.0. The summed E-state index contributed by atoms with van der Waals surface area (Å²) in [5.41, 5.74) is 2.63. The van der Waals surface area contributed by atoms with Gasteiger partial charge in [-0.25, -0.2) is 0 Å². The van der Waals surface area contributed by atoms with Crippen LogP contribution in [0.15, 0.2) is 85.0 Å². The number of carbonyl (C=O) groups is 2. The molecular weight excluding hydrogens is 549 g/mol. The minimum atomic E-state index is -4.46. The number of aliphatic hydroxyl groups excluding tert-OH is 1. The second-order valence-electron chi connectivity index (χ2n) is 10.7. The first-order valence-corrected chi connectivity index (χ1v) is 13.3. The Bertz CT molecular complexity index is 1530. The molecule has 5 rings (SSSR count). The highest BCUT2D eigenvalue weighted by Crippen LogP contribution is 2.33. The summed E-state index contributed by atoms with van der Waals surface area (Å²) >= 11 is 0. The average molecular weight is 579 g/mol. The lowest BCUT2D eigenvalue weighted by atomic mass is 9.90. The van der Waals surface area contributed by atoms with Gasteiger partial charge in [-0.1, -0.05) is 49.4 Å². The largest absolute Gasteiger partial charge is 0.493 e. The van der Waals surface area contributed by atoms with Crippen molar-refractivity contribution in [2.24, 2.45) is 5.41 Å². The van der Waals surface area contributed by atoms with Crippen molar-refractivity contribution in [1.82, 2.24) is 0 Å². The van der Waals surface area contributed by atoms with Crippen molar-refractivity contribution in [2.75, 3.05) is 30.5 Å². The van der Waals surface area contributed by atoms with Gasteiger partial charge in [0.1, 0.15) is 11.9 Å². The van der Waals surface area contributed by atoms with Gasteiger partial charge in [0.25, 0.3) is 5.91 Å². The number of ether oxygens (including phenoxy) is 2. The van der Waals surface area contributed by atoms with Crippen LogP contribution in [0, 0.1) is 5.41 Å². The highest BCUT2D eigenvalue weighted by molar-refractivity contribution is 6.03. The lowest BCUT2D eigenvalue weighted by Crippen LogP contribution is -2.44. The van der Waals surface area contributed by atoms with Crippen LogP contribution in [-0.2, 0) is 26.9 Å². The molecule has 3 N–H and O–H groups in total. The molecule has 2 amide bonds. The molecular formula is C32H29F3N2O5. The average Bonchev–Trinajstić information content (AvgIpc) is 2.94. The summed E-state index contributed by atoms with van der Waals surface area (Å²) in [5, 5.41) is 15.3. The van der Waals surface area contributed by atoms with E-state index in [1.165, 1.54) is 24.3 Å². The van der Waals surface area contributed by atoms with Crippen LogP contribution >= 0.6 is 0 Å². The summed E-state index contributed by atoms with van der Waals surface area (Å²) in [4.78, 5) is 24.5. The van der Waals surface area contributed by atoms with Crippen LogP contribution in [0.3, 0.4) is 0 Å². The van der Waals surface area contributed by atoms with Crippen molar-refractivity contribution in [3.8, 4) is 5.75 Å². The van der Waals surface area contributed by atoms with Gasteiger partial charge < -0.3 is 25.2 Å². The highest BCUT2D eigenvalue weighted by Gasteiger charge is 2.34. The van der Waals surface area contributed by atoms with Crippen molar-refractivity contribution < 1.29 is 37.3 Å². The van der Waals surface area contributed by atoms with Crippen molar-refractivity contribution in [1.29, 1.82) is 0 Å². The molecule has 0 bridgehead atoms. The molecule has 3 aromatic carbocycles. The van der Waals surface area contributed by atoms with Gasteiger partial charge in [0.2, 0.25) is 5.91 Å². The van der Waals surface area contributed by atoms with Crippen LogP contribution in [-0.4, -0.2) is 42.8 Å². The van der Waals surface area contributed by atoms with Gasteiger partial charge in [0.15, 0.2) is 0 Å². The van der Waals surface area contributed by atoms with Gasteiger partial charge in [-0.3, -0.25) is 9.59 Å². The van der Waals surface area contributed by atoms with Gasteiger partial charge in [-0.2, -0.15) is 13.2 Å². The Morgan fingerprint density at radius 3 is 2.38 bits per heavy atom. The quantitative estimate of drug-likeness (QED) is 0.239. The van der Waals surface area contributed by atoms with E-state index in [2.05, 4.69) is 17.6 Å². The zero-order chi connectivity index (χ0) is 29.9. The van der Waals surface area contributed by atoms with Gasteiger partial charge in [0, 0.05) is 34.9 Å². The topological polar surface area (TPSA) is 96.9 Å². The Hall–Kier alpha value is -4.41. The number of amides is 2. The van der Waals surface area contributed by atoms with E-state index in [0.717, 1.165) is 12.1 Å². The summed E-state index contributed by atoms with van der Waals surface area (Å²) in [5.74, 6) is -0.315. The second kappa shape index (κ2) is 11.8. The van der Waals surface area contributed by atoms with E-state index < -0.39 is 29.7 Å². The molecule has 218 valence electrons. The monoisotopic (exact) mass is 578 g/mol. The molecule has 2 aliphatic heterocycles. The van der Waals surface area contributed by atoms with Gasteiger partial charge in [-0.15, -0.1) is 0 Å². The van der Waals surface area contributed by atoms with Crippen LogP contribution in [0.4, 0.5) is 24.5 Å². The molecule has 1 unspecified atom stereocenters. The SMILES string of the molecule is CC1(COc2ccc(/C(=C/C=C/C(=O)Nc3cccc4c3CC(O)C(=O)N4)c3ccc(C(F)(F)F)cc3)cc2)COC1. The lowest BCUT2D eigenvalue weighted by molar-refractivity contribution is -0.137.